The molecule has 2 aliphatic heterocycles. The number of rotatable bonds is 2. The van der Waals surface area contributed by atoms with Gasteiger partial charge in [-0.3, -0.25) is 19.6 Å². The van der Waals surface area contributed by atoms with Crippen LogP contribution in [-0.2, 0) is 9.59 Å². The molecule has 7 heteroatoms. The number of piperidine rings is 1. The Kier molecular flexibility index (Phi) is 5.08. The maximum atomic E-state index is 12.7. The second-order valence-corrected chi connectivity index (χ2v) is 6.60. The SMILES string of the molecule is CC(=O)N1CCNC(C(=O)N2CCC(c3nccnc3C)CC2)C1. The molecule has 2 amide bonds. The predicted octanol–water partition coefficient (Wildman–Crippen LogP) is 0.311. The average Bonchev–Trinajstić information content (AvgIpc) is 2.62. The number of aryl methyl sites for hydroxylation is 1. The number of amides is 2. The minimum atomic E-state index is -0.280. The molecule has 7 nitrogen and oxygen atoms in total. The third kappa shape index (κ3) is 3.56. The van der Waals surface area contributed by atoms with E-state index in [9.17, 15) is 9.59 Å². The highest BCUT2D eigenvalue weighted by Crippen LogP contribution is 2.28. The van der Waals surface area contributed by atoms with Crippen molar-refractivity contribution in [1.29, 1.82) is 0 Å². The second kappa shape index (κ2) is 7.25. The van der Waals surface area contributed by atoms with E-state index in [0.717, 1.165) is 37.3 Å². The summed E-state index contributed by atoms with van der Waals surface area (Å²) in [6, 6.07) is -0.280. The third-order valence-electron chi connectivity index (χ3n) is 5.03. The molecule has 1 atom stereocenters. The molecule has 2 aliphatic rings. The standard InChI is InChI=1S/C17H25N5O2/c1-12-16(20-6-5-18-12)14-3-8-21(9-4-14)17(24)15-11-22(13(2)23)10-7-19-15/h5-6,14-15,19H,3-4,7-11H2,1-2H3. The molecular formula is C17H25N5O2. The Hall–Kier alpha value is -2.02. The number of carbonyl (C=O) groups is 2. The molecule has 1 N–H and O–H groups in total. The van der Waals surface area contributed by atoms with Crippen molar-refractivity contribution in [2.75, 3.05) is 32.7 Å². The molecule has 24 heavy (non-hydrogen) atoms. The summed E-state index contributed by atoms with van der Waals surface area (Å²) in [5.74, 6) is 0.511. The van der Waals surface area contributed by atoms with Gasteiger partial charge in [0, 0.05) is 58.0 Å². The lowest BCUT2D eigenvalue weighted by molar-refractivity contribution is -0.138. The molecule has 0 radical (unpaired) electrons. The van der Waals surface area contributed by atoms with Crippen LogP contribution in [0.15, 0.2) is 12.4 Å². The van der Waals surface area contributed by atoms with Crippen LogP contribution in [0.2, 0.25) is 0 Å². The first kappa shape index (κ1) is 16.8. The van der Waals surface area contributed by atoms with Crippen molar-refractivity contribution in [3.8, 4) is 0 Å². The zero-order valence-electron chi connectivity index (χ0n) is 14.4. The lowest BCUT2D eigenvalue weighted by Crippen LogP contribution is -2.59. The normalized spacial score (nSPS) is 22.5. The van der Waals surface area contributed by atoms with Gasteiger partial charge >= 0.3 is 0 Å². The number of likely N-dealkylation sites (tertiary alicyclic amines) is 1. The fraction of sp³-hybridized carbons (Fsp3) is 0.647. The van der Waals surface area contributed by atoms with Gasteiger partial charge in [-0.15, -0.1) is 0 Å². The Morgan fingerprint density at radius 3 is 2.50 bits per heavy atom. The molecule has 0 aliphatic carbocycles. The summed E-state index contributed by atoms with van der Waals surface area (Å²) in [4.78, 5) is 36.7. The van der Waals surface area contributed by atoms with Gasteiger partial charge in [0.2, 0.25) is 11.8 Å². The quantitative estimate of drug-likeness (QED) is 0.844. The topological polar surface area (TPSA) is 78.4 Å². The van der Waals surface area contributed by atoms with Gasteiger partial charge in [0.15, 0.2) is 0 Å². The lowest BCUT2D eigenvalue weighted by Gasteiger charge is -2.38. The van der Waals surface area contributed by atoms with E-state index in [-0.39, 0.29) is 17.9 Å². The van der Waals surface area contributed by atoms with Gasteiger partial charge in [0.05, 0.1) is 11.4 Å². The van der Waals surface area contributed by atoms with Crippen LogP contribution in [0.5, 0.6) is 0 Å². The molecule has 1 aromatic rings. The monoisotopic (exact) mass is 331 g/mol. The first-order valence-electron chi connectivity index (χ1n) is 8.61. The molecule has 1 unspecified atom stereocenters. The molecule has 0 bridgehead atoms. The van der Waals surface area contributed by atoms with Crippen LogP contribution in [0, 0.1) is 6.92 Å². The van der Waals surface area contributed by atoms with E-state index >= 15 is 0 Å². The highest BCUT2D eigenvalue weighted by Gasteiger charge is 2.32. The van der Waals surface area contributed by atoms with Crippen LogP contribution in [0.3, 0.4) is 0 Å². The predicted molar refractivity (Wildman–Crippen MR) is 89.4 cm³/mol. The van der Waals surface area contributed by atoms with Crippen molar-refractivity contribution < 1.29 is 9.59 Å². The van der Waals surface area contributed by atoms with E-state index in [2.05, 4.69) is 15.3 Å². The molecule has 0 aromatic carbocycles. The molecule has 3 rings (SSSR count). The number of hydrogen-bond donors (Lipinski definition) is 1. The average molecular weight is 331 g/mol. The van der Waals surface area contributed by atoms with Gasteiger partial charge < -0.3 is 15.1 Å². The van der Waals surface area contributed by atoms with Gasteiger partial charge in [-0.05, 0) is 19.8 Å². The number of nitrogens with one attached hydrogen (secondary N) is 1. The minimum absolute atomic E-state index is 0.0335. The van der Waals surface area contributed by atoms with Crippen LogP contribution in [0.4, 0.5) is 0 Å². The Morgan fingerprint density at radius 1 is 1.12 bits per heavy atom. The van der Waals surface area contributed by atoms with E-state index in [1.807, 2.05) is 11.8 Å². The molecule has 0 spiro atoms. The van der Waals surface area contributed by atoms with Gasteiger partial charge in [0.1, 0.15) is 6.04 Å². The summed E-state index contributed by atoms with van der Waals surface area (Å²) >= 11 is 0. The van der Waals surface area contributed by atoms with Crippen LogP contribution in [0.1, 0.15) is 37.1 Å². The fourth-order valence-corrected chi connectivity index (χ4v) is 3.61. The van der Waals surface area contributed by atoms with Crippen LogP contribution < -0.4 is 5.32 Å². The van der Waals surface area contributed by atoms with Crippen molar-refractivity contribution >= 4 is 11.8 Å². The van der Waals surface area contributed by atoms with Crippen molar-refractivity contribution in [3.05, 3.63) is 23.8 Å². The maximum Gasteiger partial charge on any atom is 0.241 e. The summed E-state index contributed by atoms with van der Waals surface area (Å²) in [7, 11) is 0. The Bertz CT molecular complexity index is 613. The summed E-state index contributed by atoms with van der Waals surface area (Å²) in [5, 5.41) is 3.25. The first-order chi connectivity index (χ1) is 11.6. The zero-order valence-corrected chi connectivity index (χ0v) is 14.4. The number of piperazine rings is 1. The Labute approximate surface area is 142 Å². The fourth-order valence-electron chi connectivity index (χ4n) is 3.61. The van der Waals surface area contributed by atoms with E-state index in [1.54, 1.807) is 24.2 Å². The van der Waals surface area contributed by atoms with Crippen LogP contribution >= 0.6 is 0 Å². The summed E-state index contributed by atoms with van der Waals surface area (Å²) in [6.07, 6.45) is 5.28. The lowest BCUT2D eigenvalue weighted by atomic mass is 9.91. The van der Waals surface area contributed by atoms with Gasteiger partial charge in [-0.25, -0.2) is 0 Å². The summed E-state index contributed by atoms with van der Waals surface area (Å²) in [5.41, 5.74) is 2.04. The van der Waals surface area contributed by atoms with E-state index < -0.39 is 0 Å². The Balaban J connectivity index is 1.57. The molecule has 3 heterocycles. The van der Waals surface area contributed by atoms with Gasteiger partial charge in [-0.1, -0.05) is 0 Å². The van der Waals surface area contributed by atoms with Crippen LogP contribution in [-0.4, -0.2) is 70.3 Å². The highest BCUT2D eigenvalue weighted by molar-refractivity contribution is 5.83. The van der Waals surface area contributed by atoms with Crippen molar-refractivity contribution in [1.82, 2.24) is 25.1 Å². The molecule has 1 aromatic heterocycles. The van der Waals surface area contributed by atoms with Crippen LogP contribution in [0.25, 0.3) is 0 Å². The van der Waals surface area contributed by atoms with Crippen molar-refractivity contribution in [2.45, 2.75) is 38.6 Å². The van der Waals surface area contributed by atoms with E-state index in [4.69, 9.17) is 0 Å². The van der Waals surface area contributed by atoms with E-state index in [1.165, 1.54) is 0 Å². The summed E-state index contributed by atoms with van der Waals surface area (Å²) in [6.45, 7) is 6.83. The van der Waals surface area contributed by atoms with E-state index in [0.29, 0.717) is 25.6 Å². The minimum Gasteiger partial charge on any atom is -0.341 e. The number of aromatic nitrogens is 2. The van der Waals surface area contributed by atoms with Crippen molar-refractivity contribution in [3.63, 3.8) is 0 Å². The summed E-state index contributed by atoms with van der Waals surface area (Å²) < 4.78 is 0. The first-order valence-corrected chi connectivity index (χ1v) is 8.61. The number of nitrogens with zero attached hydrogens (tertiary/aromatic N) is 4. The zero-order chi connectivity index (χ0) is 17.1. The molecular weight excluding hydrogens is 306 g/mol. The highest BCUT2D eigenvalue weighted by atomic mass is 16.2. The van der Waals surface area contributed by atoms with Gasteiger partial charge in [-0.2, -0.15) is 0 Å². The number of hydrogen-bond acceptors (Lipinski definition) is 5. The maximum absolute atomic E-state index is 12.7. The largest absolute Gasteiger partial charge is 0.341 e. The number of carbonyl (C=O) groups excluding carboxylic acids is 2. The van der Waals surface area contributed by atoms with Crippen molar-refractivity contribution in [2.24, 2.45) is 0 Å². The molecule has 130 valence electrons. The van der Waals surface area contributed by atoms with Gasteiger partial charge in [0.25, 0.3) is 0 Å². The Morgan fingerprint density at radius 2 is 1.83 bits per heavy atom. The molecule has 2 saturated heterocycles. The molecule has 0 saturated carbocycles. The third-order valence-corrected chi connectivity index (χ3v) is 5.03. The second-order valence-electron chi connectivity index (χ2n) is 6.60. The molecule has 2 fully saturated rings. The smallest absolute Gasteiger partial charge is 0.241 e.